The van der Waals surface area contributed by atoms with Crippen LogP contribution in [0, 0.1) is 0 Å². The highest BCUT2D eigenvalue weighted by Crippen LogP contribution is 2.38. The summed E-state index contributed by atoms with van der Waals surface area (Å²) in [4.78, 5) is 0. The number of alkyl halides is 6. The van der Waals surface area contributed by atoms with Gasteiger partial charge in [-0.3, -0.25) is 0 Å². The van der Waals surface area contributed by atoms with Crippen molar-refractivity contribution in [1.82, 2.24) is 0 Å². The highest BCUT2D eigenvalue weighted by atomic mass is 19.4. The summed E-state index contributed by atoms with van der Waals surface area (Å²) in [5.41, 5.74) is -3.62. The van der Waals surface area contributed by atoms with Crippen molar-refractivity contribution in [1.29, 1.82) is 0 Å². The molecular weight excluding hydrogens is 198 g/mol. The summed E-state index contributed by atoms with van der Waals surface area (Å²) in [6, 6.07) is 0. The quantitative estimate of drug-likeness (QED) is 0.452. The second-order valence-electron chi connectivity index (χ2n) is 2.18. The molecule has 0 aromatic carbocycles. The van der Waals surface area contributed by atoms with Crippen molar-refractivity contribution >= 4 is 0 Å². The molecule has 0 aliphatic rings. The fourth-order valence-corrected chi connectivity index (χ4v) is 0.662. The molecule has 0 saturated heterocycles. The summed E-state index contributed by atoms with van der Waals surface area (Å²) in [5, 5.41) is 0. The van der Waals surface area contributed by atoms with Gasteiger partial charge in [-0.2, -0.15) is 26.3 Å². The van der Waals surface area contributed by atoms with Crippen LogP contribution in [-0.2, 0) is 0 Å². The first-order valence-electron chi connectivity index (χ1n) is 3.10. The van der Waals surface area contributed by atoms with Crippen LogP contribution >= 0.6 is 0 Å². The Bertz CT molecular complexity index is 228. The van der Waals surface area contributed by atoms with Crippen molar-refractivity contribution in [3.05, 3.63) is 23.8 Å². The van der Waals surface area contributed by atoms with E-state index in [1.165, 1.54) is 0 Å². The highest BCUT2D eigenvalue weighted by molar-refractivity contribution is 5.35. The van der Waals surface area contributed by atoms with E-state index in [0.717, 1.165) is 6.92 Å². The first-order valence-corrected chi connectivity index (χ1v) is 3.10. The van der Waals surface area contributed by atoms with Crippen LogP contribution in [0.4, 0.5) is 26.3 Å². The summed E-state index contributed by atoms with van der Waals surface area (Å²) in [5.74, 6) is 0. The molecule has 0 bridgehead atoms. The van der Waals surface area contributed by atoms with Gasteiger partial charge in [-0.15, -0.1) is 0 Å². The van der Waals surface area contributed by atoms with Crippen LogP contribution in [0.25, 0.3) is 0 Å². The van der Waals surface area contributed by atoms with Gasteiger partial charge in [0, 0.05) is 0 Å². The topological polar surface area (TPSA) is 0 Å². The summed E-state index contributed by atoms with van der Waals surface area (Å²) in [6.07, 6.45) is -9.71. The van der Waals surface area contributed by atoms with E-state index in [-0.39, 0.29) is 0 Å². The Morgan fingerprint density at radius 1 is 1.00 bits per heavy atom. The lowest BCUT2D eigenvalue weighted by Crippen LogP contribution is -2.22. The maximum atomic E-state index is 11.9. The van der Waals surface area contributed by atoms with Crippen LogP contribution in [0.15, 0.2) is 23.8 Å². The van der Waals surface area contributed by atoms with Gasteiger partial charge < -0.3 is 0 Å². The number of hydrogen-bond acceptors (Lipinski definition) is 0. The molecule has 0 amide bonds. The first kappa shape index (κ1) is 12.1. The lowest BCUT2D eigenvalue weighted by atomic mass is 10.1. The summed E-state index contributed by atoms with van der Waals surface area (Å²) >= 11 is 0. The monoisotopic (exact) mass is 204 g/mol. The molecule has 0 nitrogen and oxygen atoms in total. The van der Waals surface area contributed by atoms with E-state index in [9.17, 15) is 26.3 Å². The van der Waals surface area contributed by atoms with Gasteiger partial charge >= 0.3 is 12.4 Å². The molecule has 0 N–H and O–H groups in total. The Balaban J connectivity index is 4.97. The van der Waals surface area contributed by atoms with E-state index in [1.54, 1.807) is 0 Å². The van der Waals surface area contributed by atoms with Gasteiger partial charge in [0.1, 0.15) is 0 Å². The molecule has 0 heterocycles. The second-order valence-corrected chi connectivity index (χ2v) is 2.18. The lowest BCUT2D eigenvalue weighted by molar-refractivity contribution is -0.117. The fourth-order valence-electron chi connectivity index (χ4n) is 0.662. The molecule has 76 valence electrons. The molecule has 0 atom stereocenters. The van der Waals surface area contributed by atoms with Crippen molar-refractivity contribution in [2.45, 2.75) is 19.3 Å². The largest absolute Gasteiger partial charge is 0.416 e. The van der Waals surface area contributed by atoms with Crippen molar-refractivity contribution < 1.29 is 26.3 Å². The molecule has 0 aliphatic carbocycles. The molecule has 0 aliphatic heterocycles. The third kappa shape index (κ3) is 3.12. The smallest absolute Gasteiger partial charge is 0.166 e. The van der Waals surface area contributed by atoms with E-state index in [2.05, 4.69) is 6.58 Å². The summed E-state index contributed by atoms with van der Waals surface area (Å²) < 4.78 is 70.9. The molecule has 0 rings (SSSR count). The Labute approximate surface area is 70.5 Å². The van der Waals surface area contributed by atoms with E-state index in [1.807, 2.05) is 0 Å². The zero-order valence-corrected chi connectivity index (χ0v) is 6.55. The predicted molar refractivity (Wildman–Crippen MR) is 35.0 cm³/mol. The molecule has 13 heavy (non-hydrogen) atoms. The van der Waals surface area contributed by atoms with Gasteiger partial charge in [0.15, 0.2) is 0 Å². The number of allylic oxidation sites excluding steroid dienone is 3. The van der Waals surface area contributed by atoms with Crippen molar-refractivity contribution in [3.63, 3.8) is 0 Å². The SMILES string of the molecule is C=C(C(=CC)C(F)(F)F)C(F)(F)F. The van der Waals surface area contributed by atoms with Gasteiger partial charge in [-0.25, -0.2) is 0 Å². The van der Waals surface area contributed by atoms with Crippen LogP contribution < -0.4 is 0 Å². The Kier molecular flexibility index (Phi) is 3.18. The minimum absolute atomic E-state index is 0.343. The van der Waals surface area contributed by atoms with Crippen LogP contribution in [-0.4, -0.2) is 12.4 Å². The zero-order valence-electron chi connectivity index (χ0n) is 6.55. The van der Waals surface area contributed by atoms with E-state index in [4.69, 9.17) is 0 Å². The third-order valence-electron chi connectivity index (χ3n) is 1.26. The predicted octanol–water partition coefficient (Wildman–Crippen LogP) is 3.61. The van der Waals surface area contributed by atoms with Gasteiger partial charge in [-0.05, 0) is 6.92 Å². The average Bonchev–Trinajstić information content (AvgIpc) is 1.83. The van der Waals surface area contributed by atoms with E-state index >= 15 is 0 Å². The van der Waals surface area contributed by atoms with E-state index in [0.29, 0.717) is 6.08 Å². The Morgan fingerprint density at radius 2 is 1.38 bits per heavy atom. The zero-order chi connectivity index (χ0) is 10.9. The fraction of sp³-hybridized carbons (Fsp3) is 0.429. The van der Waals surface area contributed by atoms with Gasteiger partial charge in [0.25, 0.3) is 0 Å². The van der Waals surface area contributed by atoms with Crippen LogP contribution in [0.1, 0.15) is 6.92 Å². The standard InChI is InChI=1S/C7H6F6/c1-3-5(7(11,12)13)4(2)6(8,9)10/h3H,2H2,1H3. The van der Waals surface area contributed by atoms with Crippen LogP contribution in [0.5, 0.6) is 0 Å². The lowest BCUT2D eigenvalue weighted by Gasteiger charge is -2.15. The van der Waals surface area contributed by atoms with Crippen molar-refractivity contribution in [2.75, 3.05) is 0 Å². The van der Waals surface area contributed by atoms with Crippen LogP contribution in [0.2, 0.25) is 0 Å². The molecule has 0 aromatic rings. The minimum atomic E-state index is -5.04. The average molecular weight is 204 g/mol. The molecular formula is C7H6F6. The van der Waals surface area contributed by atoms with Crippen molar-refractivity contribution in [2.24, 2.45) is 0 Å². The third-order valence-corrected chi connectivity index (χ3v) is 1.26. The number of hydrogen-bond donors (Lipinski definition) is 0. The molecule has 0 aromatic heterocycles. The normalized spacial score (nSPS) is 14.5. The van der Waals surface area contributed by atoms with Gasteiger partial charge in [0.2, 0.25) is 0 Å². The van der Waals surface area contributed by atoms with Gasteiger partial charge in [0.05, 0.1) is 11.1 Å². The second kappa shape index (κ2) is 3.43. The van der Waals surface area contributed by atoms with Crippen LogP contribution in [0.3, 0.4) is 0 Å². The molecule has 0 radical (unpaired) electrons. The Morgan fingerprint density at radius 3 is 1.46 bits per heavy atom. The number of halogens is 6. The summed E-state index contributed by atoms with van der Waals surface area (Å²) in [7, 11) is 0. The maximum Gasteiger partial charge on any atom is 0.416 e. The summed E-state index contributed by atoms with van der Waals surface area (Å²) in [6.45, 7) is 3.23. The molecule has 0 fully saturated rings. The molecule has 0 saturated carbocycles. The highest BCUT2D eigenvalue weighted by Gasteiger charge is 2.44. The molecule has 0 spiro atoms. The van der Waals surface area contributed by atoms with Crippen molar-refractivity contribution in [3.8, 4) is 0 Å². The molecule has 6 heteroatoms. The number of rotatable bonds is 1. The van der Waals surface area contributed by atoms with Gasteiger partial charge in [-0.1, -0.05) is 12.7 Å². The maximum absolute atomic E-state index is 11.9. The molecule has 0 unspecified atom stereocenters. The van der Waals surface area contributed by atoms with E-state index < -0.39 is 23.5 Å². The minimum Gasteiger partial charge on any atom is -0.166 e. The Hall–Kier alpha value is -0.940. The first-order chi connectivity index (χ1) is 5.60.